The molecule has 204 valence electrons. The summed E-state index contributed by atoms with van der Waals surface area (Å²) in [7, 11) is 0. The molecule has 1 aliphatic rings. The zero-order valence-electron chi connectivity index (χ0n) is 21.5. The number of rotatable bonds is 7. The van der Waals surface area contributed by atoms with E-state index in [0.29, 0.717) is 51.3 Å². The average molecular weight is 612 g/mol. The number of piperazine rings is 1. The van der Waals surface area contributed by atoms with Crippen LogP contribution in [0.1, 0.15) is 21.1 Å². The van der Waals surface area contributed by atoms with E-state index >= 15 is 0 Å². The van der Waals surface area contributed by atoms with Crippen LogP contribution in [0.4, 0.5) is 5.69 Å². The smallest absolute Gasteiger partial charge is 0.273 e. The Morgan fingerprint density at radius 3 is 2.60 bits per heavy atom. The van der Waals surface area contributed by atoms with Gasteiger partial charge in [-0.05, 0) is 48.9 Å². The van der Waals surface area contributed by atoms with Crippen molar-refractivity contribution in [3.63, 3.8) is 0 Å². The Morgan fingerprint density at radius 1 is 1.02 bits per heavy atom. The zero-order valence-corrected chi connectivity index (χ0v) is 24.6. The van der Waals surface area contributed by atoms with Crippen LogP contribution in [0.25, 0.3) is 17.3 Å². The van der Waals surface area contributed by atoms with Gasteiger partial charge in [-0.15, -0.1) is 21.5 Å². The Morgan fingerprint density at radius 2 is 1.85 bits per heavy atom. The number of thiazole rings is 1. The van der Waals surface area contributed by atoms with Gasteiger partial charge in [0.2, 0.25) is 5.82 Å². The SMILES string of the molecule is Cc1ccccc1N1CCN(C(=O)c2csc(CSc3nnc(-c4ccco4)n3-c3ccc(Cl)c(Cl)c3)n2)CC1. The van der Waals surface area contributed by atoms with Gasteiger partial charge in [0.1, 0.15) is 10.7 Å². The van der Waals surface area contributed by atoms with Gasteiger partial charge < -0.3 is 14.2 Å². The van der Waals surface area contributed by atoms with E-state index < -0.39 is 0 Å². The van der Waals surface area contributed by atoms with Crippen LogP contribution >= 0.6 is 46.3 Å². The molecule has 6 rings (SSSR count). The third-order valence-electron chi connectivity index (χ3n) is 6.65. The lowest BCUT2D eigenvalue weighted by Gasteiger charge is -2.36. The minimum atomic E-state index is -0.0315. The molecule has 0 atom stereocenters. The second kappa shape index (κ2) is 11.7. The van der Waals surface area contributed by atoms with E-state index in [1.807, 2.05) is 33.0 Å². The molecular weight excluding hydrogens is 587 g/mol. The van der Waals surface area contributed by atoms with Gasteiger partial charge in [0.15, 0.2) is 10.9 Å². The summed E-state index contributed by atoms with van der Waals surface area (Å²) < 4.78 is 7.46. The third kappa shape index (κ3) is 5.49. The number of furan rings is 1. The fourth-order valence-corrected chi connectivity index (χ4v) is 6.65. The van der Waals surface area contributed by atoms with Gasteiger partial charge in [-0.25, -0.2) is 4.98 Å². The van der Waals surface area contributed by atoms with E-state index in [1.54, 1.807) is 24.5 Å². The number of hydrogen-bond acceptors (Lipinski definition) is 8. The molecule has 1 fully saturated rings. The molecule has 1 aliphatic heterocycles. The number of amides is 1. The molecule has 0 N–H and O–H groups in total. The largest absolute Gasteiger partial charge is 0.461 e. The third-order valence-corrected chi connectivity index (χ3v) is 9.37. The standard InChI is InChI=1S/C28H24Cl2N6O2S2/c1-18-5-2-3-6-23(18)34-10-12-35(13-11-34)27(37)22-16-39-25(31-22)17-40-28-33-32-26(24-7-4-14-38-24)36(28)19-8-9-20(29)21(30)15-19/h2-9,14-16H,10-13,17H2,1H3. The molecule has 40 heavy (non-hydrogen) atoms. The first kappa shape index (κ1) is 26.9. The van der Waals surface area contributed by atoms with Crippen molar-refractivity contribution in [1.82, 2.24) is 24.6 Å². The lowest BCUT2D eigenvalue weighted by atomic mass is 10.1. The number of halogens is 2. The van der Waals surface area contributed by atoms with Gasteiger partial charge in [-0.3, -0.25) is 9.36 Å². The highest BCUT2D eigenvalue weighted by Gasteiger charge is 2.25. The van der Waals surface area contributed by atoms with Crippen LogP contribution in [0.15, 0.2) is 75.8 Å². The number of anilines is 1. The van der Waals surface area contributed by atoms with Crippen molar-refractivity contribution in [2.45, 2.75) is 17.8 Å². The number of hydrogen-bond donors (Lipinski definition) is 0. The van der Waals surface area contributed by atoms with Crippen molar-refractivity contribution in [3.05, 3.63) is 92.6 Å². The maximum Gasteiger partial charge on any atom is 0.273 e. The maximum atomic E-state index is 13.2. The van der Waals surface area contributed by atoms with E-state index in [9.17, 15) is 4.79 Å². The summed E-state index contributed by atoms with van der Waals surface area (Å²) >= 11 is 15.4. The minimum absolute atomic E-state index is 0.0315. The topological polar surface area (TPSA) is 80.3 Å². The van der Waals surface area contributed by atoms with Crippen LogP contribution in [-0.4, -0.2) is 56.7 Å². The van der Waals surface area contributed by atoms with Crippen molar-refractivity contribution in [3.8, 4) is 17.3 Å². The van der Waals surface area contributed by atoms with E-state index in [2.05, 4.69) is 45.2 Å². The molecule has 0 radical (unpaired) electrons. The van der Waals surface area contributed by atoms with Crippen LogP contribution < -0.4 is 4.90 Å². The molecule has 8 nitrogen and oxygen atoms in total. The average Bonchev–Trinajstić information content (AvgIpc) is 3.74. The highest BCUT2D eigenvalue weighted by molar-refractivity contribution is 7.98. The number of carbonyl (C=O) groups is 1. The highest BCUT2D eigenvalue weighted by Crippen LogP contribution is 2.33. The Labute approximate surface area is 249 Å². The Bertz CT molecular complexity index is 1640. The molecule has 5 aromatic rings. The van der Waals surface area contributed by atoms with E-state index in [-0.39, 0.29) is 5.91 Å². The molecule has 0 aliphatic carbocycles. The molecule has 0 saturated carbocycles. The van der Waals surface area contributed by atoms with Gasteiger partial charge in [-0.2, -0.15) is 0 Å². The van der Waals surface area contributed by atoms with Crippen molar-refractivity contribution < 1.29 is 9.21 Å². The summed E-state index contributed by atoms with van der Waals surface area (Å²) in [6, 6.07) is 17.3. The summed E-state index contributed by atoms with van der Waals surface area (Å²) in [5.74, 6) is 1.62. The van der Waals surface area contributed by atoms with E-state index in [0.717, 1.165) is 23.8 Å². The number of benzene rings is 2. The van der Waals surface area contributed by atoms with Gasteiger partial charge in [0.05, 0.1) is 27.7 Å². The number of aryl methyl sites for hydroxylation is 1. The first-order valence-corrected chi connectivity index (χ1v) is 15.2. The van der Waals surface area contributed by atoms with Gasteiger partial charge in [0.25, 0.3) is 5.91 Å². The first-order valence-electron chi connectivity index (χ1n) is 12.6. The minimum Gasteiger partial charge on any atom is -0.461 e. The van der Waals surface area contributed by atoms with Crippen molar-refractivity contribution >= 4 is 57.9 Å². The second-order valence-corrected chi connectivity index (χ2v) is 11.9. The molecule has 12 heteroatoms. The number of carbonyl (C=O) groups excluding carboxylic acids is 1. The molecule has 0 unspecified atom stereocenters. The normalized spacial score (nSPS) is 13.7. The lowest BCUT2D eigenvalue weighted by Crippen LogP contribution is -2.49. The summed E-state index contributed by atoms with van der Waals surface area (Å²) in [6.07, 6.45) is 1.59. The van der Waals surface area contributed by atoms with Gasteiger partial charge in [-0.1, -0.05) is 53.2 Å². The highest BCUT2D eigenvalue weighted by atomic mass is 35.5. The monoisotopic (exact) mass is 610 g/mol. The van der Waals surface area contributed by atoms with Crippen molar-refractivity contribution in [2.24, 2.45) is 0 Å². The zero-order chi connectivity index (χ0) is 27.6. The Hall–Kier alpha value is -3.31. The van der Waals surface area contributed by atoms with Crippen LogP contribution in [-0.2, 0) is 5.75 Å². The molecule has 0 bridgehead atoms. The van der Waals surface area contributed by atoms with Crippen LogP contribution in [0, 0.1) is 6.92 Å². The summed E-state index contributed by atoms with van der Waals surface area (Å²) in [5, 5.41) is 13.0. The fourth-order valence-electron chi connectivity index (χ4n) is 4.62. The lowest BCUT2D eigenvalue weighted by molar-refractivity contribution is 0.0741. The Kier molecular flexibility index (Phi) is 7.84. The Balaban J connectivity index is 1.14. The summed E-state index contributed by atoms with van der Waals surface area (Å²) in [4.78, 5) is 22.1. The van der Waals surface area contributed by atoms with E-state index in [4.69, 9.17) is 27.6 Å². The molecule has 1 amide bonds. The maximum absolute atomic E-state index is 13.2. The molecule has 0 spiro atoms. The second-order valence-electron chi connectivity index (χ2n) is 9.20. The number of thioether (sulfide) groups is 1. The molecule has 4 heterocycles. The van der Waals surface area contributed by atoms with Crippen LogP contribution in [0.5, 0.6) is 0 Å². The van der Waals surface area contributed by atoms with Crippen molar-refractivity contribution in [1.29, 1.82) is 0 Å². The van der Waals surface area contributed by atoms with Gasteiger partial charge in [0, 0.05) is 37.2 Å². The van der Waals surface area contributed by atoms with Gasteiger partial charge >= 0.3 is 0 Å². The number of aromatic nitrogens is 4. The molecule has 2 aromatic carbocycles. The molecule has 1 saturated heterocycles. The van der Waals surface area contributed by atoms with Crippen molar-refractivity contribution in [2.75, 3.05) is 31.1 Å². The summed E-state index contributed by atoms with van der Waals surface area (Å²) in [6.45, 7) is 5.04. The van der Waals surface area contributed by atoms with Crippen LogP contribution in [0.3, 0.4) is 0 Å². The quantitative estimate of drug-likeness (QED) is 0.186. The molecular formula is C28H24Cl2N6O2S2. The number of para-hydroxylation sites is 1. The first-order chi connectivity index (χ1) is 19.5. The predicted molar refractivity (Wildman–Crippen MR) is 160 cm³/mol. The summed E-state index contributed by atoms with van der Waals surface area (Å²) in [5.41, 5.74) is 3.71. The predicted octanol–water partition coefficient (Wildman–Crippen LogP) is 6.85. The fraction of sp³-hybridized carbons (Fsp3) is 0.214. The molecule has 3 aromatic heterocycles. The van der Waals surface area contributed by atoms with E-state index in [1.165, 1.54) is 34.3 Å². The van der Waals surface area contributed by atoms with Crippen LogP contribution in [0.2, 0.25) is 10.0 Å². The number of nitrogens with zero attached hydrogens (tertiary/aromatic N) is 6.